The zero-order chi connectivity index (χ0) is 21.2. The van der Waals surface area contributed by atoms with Crippen molar-refractivity contribution in [2.24, 2.45) is 7.05 Å². The molecule has 1 aliphatic heterocycles. The first-order valence-electron chi connectivity index (χ1n) is 9.25. The number of piperidine rings is 1. The molecule has 1 saturated heterocycles. The van der Waals surface area contributed by atoms with Crippen molar-refractivity contribution in [3.63, 3.8) is 0 Å². The van der Waals surface area contributed by atoms with Gasteiger partial charge in [-0.05, 0) is 31.7 Å². The van der Waals surface area contributed by atoms with Gasteiger partial charge in [-0.1, -0.05) is 41.9 Å². The van der Waals surface area contributed by atoms with Crippen LogP contribution in [0.5, 0.6) is 0 Å². The fraction of sp³-hybridized carbons (Fsp3) is 0.474. The smallest absolute Gasteiger partial charge is 0.410 e. The summed E-state index contributed by atoms with van der Waals surface area (Å²) in [4.78, 5) is 13.8. The van der Waals surface area contributed by atoms with Gasteiger partial charge >= 0.3 is 6.09 Å². The van der Waals surface area contributed by atoms with Gasteiger partial charge in [-0.3, -0.25) is 4.68 Å². The number of likely N-dealkylation sites (tertiary alicyclic amines) is 1. The Morgan fingerprint density at radius 1 is 1.34 bits per heavy atom. The first-order chi connectivity index (χ1) is 13.6. The van der Waals surface area contributed by atoms with Crippen LogP contribution in [0.25, 0.3) is 0 Å². The Hall–Kier alpha value is -2.13. The number of aromatic nitrogens is 2. The minimum atomic E-state index is -4.48. The number of hydrogen-bond acceptors (Lipinski definition) is 5. The Bertz CT molecular complexity index is 979. The van der Waals surface area contributed by atoms with Gasteiger partial charge in [0.15, 0.2) is 10.2 Å². The van der Waals surface area contributed by atoms with E-state index >= 15 is 4.39 Å². The van der Waals surface area contributed by atoms with Crippen LogP contribution < -0.4 is 0 Å². The van der Waals surface area contributed by atoms with E-state index in [1.807, 2.05) is 18.2 Å². The van der Waals surface area contributed by atoms with Crippen LogP contribution in [0, 0.1) is 0 Å². The average molecular weight is 444 g/mol. The molecule has 3 rings (SSSR count). The first kappa shape index (κ1) is 21.6. The van der Waals surface area contributed by atoms with E-state index in [4.69, 9.17) is 16.3 Å². The predicted octanol–water partition coefficient (Wildman–Crippen LogP) is 3.72. The summed E-state index contributed by atoms with van der Waals surface area (Å²) in [5.74, 6) is 0. The lowest BCUT2D eigenvalue weighted by atomic mass is 9.99. The molecule has 158 valence electrons. The molecule has 2 unspecified atom stereocenters. The van der Waals surface area contributed by atoms with E-state index in [1.165, 1.54) is 11.9 Å². The topological polar surface area (TPSA) is 81.5 Å². The normalized spacial score (nSPS) is 19.6. The molecule has 1 fully saturated rings. The van der Waals surface area contributed by atoms with E-state index in [-0.39, 0.29) is 29.8 Å². The van der Waals surface area contributed by atoms with Crippen LogP contribution in [0.15, 0.2) is 41.4 Å². The Morgan fingerprint density at radius 2 is 2.03 bits per heavy atom. The SMILES string of the molecule is Cn1nc(Cl)cc1S(=O)(=O)C(C)(F)C1CCCCN1C(=O)OCc1ccccc1. The lowest BCUT2D eigenvalue weighted by Gasteiger charge is -2.40. The van der Waals surface area contributed by atoms with Gasteiger partial charge in [0.05, 0.1) is 6.04 Å². The molecule has 0 aliphatic carbocycles. The minimum absolute atomic E-state index is 0.0238. The number of benzene rings is 1. The van der Waals surface area contributed by atoms with Crippen LogP contribution in [0.4, 0.5) is 9.18 Å². The van der Waals surface area contributed by atoms with E-state index in [2.05, 4.69) is 5.10 Å². The number of halogens is 2. The fourth-order valence-electron chi connectivity index (χ4n) is 3.54. The number of sulfone groups is 1. The lowest BCUT2D eigenvalue weighted by Crippen LogP contribution is -2.56. The van der Waals surface area contributed by atoms with Gasteiger partial charge in [-0.2, -0.15) is 5.10 Å². The zero-order valence-corrected chi connectivity index (χ0v) is 17.8. The van der Waals surface area contributed by atoms with Crippen LogP contribution in [-0.2, 0) is 28.2 Å². The van der Waals surface area contributed by atoms with Crippen LogP contribution >= 0.6 is 11.6 Å². The monoisotopic (exact) mass is 443 g/mol. The number of nitrogens with zero attached hydrogens (tertiary/aromatic N) is 3. The molecule has 10 heteroatoms. The summed E-state index contributed by atoms with van der Waals surface area (Å²) in [5.41, 5.74) is 0.787. The zero-order valence-electron chi connectivity index (χ0n) is 16.2. The standard InChI is InChI=1S/C19H23ClFN3O4S/c1-19(21,29(26,27)17-12-16(20)22-23(17)2)15-10-6-7-11-24(15)18(25)28-13-14-8-4-3-5-9-14/h3-5,8-9,12,15H,6-7,10-11,13H2,1-2H3. The van der Waals surface area contributed by atoms with Crippen molar-refractivity contribution in [2.45, 2.75) is 48.9 Å². The van der Waals surface area contributed by atoms with Crippen molar-refractivity contribution < 1.29 is 22.3 Å². The highest BCUT2D eigenvalue weighted by Gasteiger charge is 2.53. The molecule has 2 aromatic rings. The summed E-state index contributed by atoms with van der Waals surface area (Å²) in [6, 6.07) is 9.01. The Labute approximate surface area is 174 Å². The second-order valence-corrected chi connectivity index (χ2v) is 9.77. The van der Waals surface area contributed by atoms with Gasteiger partial charge in [0.2, 0.25) is 14.8 Å². The van der Waals surface area contributed by atoms with Crippen LogP contribution in [0.1, 0.15) is 31.7 Å². The summed E-state index contributed by atoms with van der Waals surface area (Å²) in [5, 5.41) is 0.656. The second kappa shape index (κ2) is 8.31. The first-order valence-corrected chi connectivity index (χ1v) is 11.1. The van der Waals surface area contributed by atoms with E-state index in [0.29, 0.717) is 12.8 Å². The summed E-state index contributed by atoms with van der Waals surface area (Å²) in [6.45, 7) is 1.23. The molecule has 2 atom stereocenters. The minimum Gasteiger partial charge on any atom is -0.445 e. The number of carbonyl (C=O) groups is 1. The number of alkyl halides is 1. The highest BCUT2D eigenvalue weighted by molar-refractivity contribution is 7.92. The van der Waals surface area contributed by atoms with Crippen molar-refractivity contribution in [1.82, 2.24) is 14.7 Å². The lowest BCUT2D eigenvalue weighted by molar-refractivity contribution is 0.0345. The highest BCUT2D eigenvalue weighted by atomic mass is 35.5. The third-order valence-electron chi connectivity index (χ3n) is 5.15. The quantitative estimate of drug-likeness (QED) is 0.703. The molecule has 29 heavy (non-hydrogen) atoms. The molecule has 0 saturated carbocycles. The van der Waals surface area contributed by atoms with Crippen LogP contribution in [0.3, 0.4) is 0 Å². The molecule has 1 amide bonds. The van der Waals surface area contributed by atoms with Gasteiger partial charge < -0.3 is 9.64 Å². The number of rotatable bonds is 5. The summed E-state index contributed by atoms with van der Waals surface area (Å²) in [6.07, 6.45) is 0.720. The van der Waals surface area contributed by atoms with Gasteiger partial charge in [0, 0.05) is 19.7 Å². The Balaban J connectivity index is 1.84. The van der Waals surface area contributed by atoms with Crippen molar-refractivity contribution in [2.75, 3.05) is 6.54 Å². The van der Waals surface area contributed by atoms with Crippen LogP contribution in [-0.4, -0.2) is 46.8 Å². The third kappa shape index (κ3) is 4.25. The Kier molecular flexibility index (Phi) is 6.19. The number of ether oxygens (including phenoxy) is 1. The van der Waals surface area contributed by atoms with Gasteiger partial charge in [-0.15, -0.1) is 0 Å². The van der Waals surface area contributed by atoms with Crippen molar-refractivity contribution >= 4 is 27.5 Å². The van der Waals surface area contributed by atoms with Gasteiger partial charge in [-0.25, -0.2) is 17.6 Å². The van der Waals surface area contributed by atoms with E-state index in [9.17, 15) is 13.2 Å². The summed E-state index contributed by atoms with van der Waals surface area (Å²) >= 11 is 5.78. The number of aryl methyl sites for hydroxylation is 1. The summed E-state index contributed by atoms with van der Waals surface area (Å²) in [7, 11) is -3.11. The second-order valence-electron chi connectivity index (χ2n) is 7.16. The largest absolute Gasteiger partial charge is 0.445 e. The van der Waals surface area contributed by atoms with Crippen molar-refractivity contribution in [1.29, 1.82) is 0 Å². The third-order valence-corrected chi connectivity index (χ3v) is 7.59. The van der Waals surface area contributed by atoms with E-state index < -0.39 is 27.0 Å². The highest BCUT2D eigenvalue weighted by Crippen LogP contribution is 2.38. The maximum absolute atomic E-state index is 15.9. The summed E-state index contributed by atoms with van der Waals surface area (Å²) < 4.78 is 48.4. The number of hydrogen-bond donors (Lipinski definition) is 0. The van der Waals surface area contributed by atoms with E-state index in [0.717, 1.165) is 23.2 Å². The van der Waals surface area contributed by atoms with Crippen LogP contribution in [0.2, 0.25) is 5.15 Å². The predicted molar refractivity (Wildman–Crippen MR) is 106 cm³/mol. The molecule has 0 N–H and O–H groups in total. The molecular weight excluding hydrogens is 421 g/mol. The molecule has 1 aromatic carbocycles. The molecule has 0 radical (unpaired) electrons. The van der Waals surface area contributed by atoms with Gasteiger partial charge in [0.1, 0.15) is 6.61 Å². The van der Waals surface area contributed by atoms with Crippen molar-refractivity contribution in [3.8, 4) is 0 Å². The van der Waals surface area contributed by atoms with E-state index in [1.54, 1.807) is 12.1 Å². The number of carbonyl (C=O) groups excluding carboxylic acids is 1. The fourth-order valence-corrected chi connectivity index (χ4v) is 5.49. The molecule has 0 spiro atoms. The Morgan fingerprint density at radius 3 is 2.66 bits per heavy atom. The maximum atomic E-state index is 15.9. The van der Waals surface area contributed by atoms with Gasteiger partial charge in [0.25, 0.3) is 0 Å². The molecule has 0 bridgehead atoms. The molecular formula is C19H23ClFN3O4S. The number of amides is 1. The maximum Gasteiger partial charge on any atom is 0.410 e. The molecule has 7 nitrogen and oxygen atoms in total. The average Bonchev–Trinajstić information content (AvgIpc) is 3.05. The molecule has 1 aromatic heterocycles. The molecule has 2 heterocycles. The van der Waals surface area contributed by atoms with Crippen molar-refractivity contribution in [3.05, 3.63) is 47.1 Å². The molecule has 1 aliphatic rings.